The third kappa shape index (κ3) is 2.40. The standard InChI is InChI=1S/C12H17N3OS/c1-8-4-5-10(11(13)17)12(14-8)15-6-2-3-9(15)7-16/h4-5,9,16H,2-3,6-7H2,1H3,(H2,13,17). The van der Waals surface area contributed by atoms with Crippen LogP contribution < -0.4 is 10.6 Å². The smallest absolute Gasteiger partial charge is 0.139 e. The van der Waals surface area contributed by atoms with Crippen LogP contribution >= 0.6 is 12.2 Å². The number of nitrogens with two attached hydrogens (primary N) is 1. The average molecular weight is 251 g/mol. The van der Waals surface area contributed by atoms with Crippen LogP contribution in [0, 0.1) is 6.92 Å². The minimum Gasteiger partial charge on any atom is -0.394 e. The van der Waals surface area contributed by atoms with Crippen molar-refractivity contribution < 1.29 is 5.11 Å². The molecule has 2 rings (SSSR count). The average Bonchev–Trinajstić information content (AvgIpc) is 2.76. The maximum absolute atomic E-state index is 9.36. The SMILES string of the molecule is Cc1ccc(C(N)=S)c(N2CCCC2CO)n1. The fraction of sp³-hybridized carbons (Fsp3) is 0.500. The van der Waals surface area contributed by atoms with E-state index in [1.807, 2.05) is 19.1 Å². The zero-order valence-corrected chi connectivity index (χ0v) is 10.7. The van der Waals surface area contributed by atoms with Crippen molar-refractivity contribution in [2.45, 2.75) is 25.8 Å². The van der Waals surface area contributed by atoms with Gasteiger partial charge in [0.2, 0.25) is 0 Å². The van der Waals surface area contributed by atoms with E-state index in [0.717, 1.165) is 36.5 Å². The molecule has 1 atom stereocenters. The Morgan fingerprint density at radius 1 is 1.65 bits per heavy atom. The van der Waals surface area contributed by atoms with Crippen molar-refractivity contribution in [1.29, 1.82) is 0 Å². The zero-order valence-electron chi connectivity index (χ0n) is 9.89. The molecule has 1 aliphatic rings. The predicted molar refractivity (Wildman–Crippen MR) is 72.3 cm³/mol. The van der Waals surface area contributed by atoms with Crippen LogP contribution in [0.1, 0.15) is 24.1 Å². The number of anilines is 1. The van der Waals surface area contributed by atoms with Gasteiger partial charge in [0.05, 0.1) is 18.2 Å². The van der Waals surface area contributed by atoms with E-state index in [4.69, 9.17) is 18.0 Å². The molecule has 17 heavy (non-hydrogen) atoms. The fourth-order valence-corrected chi connectivity index (χ4v) is 2.42. The Kier molecular flexibility index (Phi) is 3.59. The first-order chi connectivity index (χ1) is 8.13. The first-order valence-corrected chi connectivity index (χ1v) is 6.19. The van der Waals surface area contributed by atoms with Crippen molar-refractivity contribution in [2.75, 3.05) is 18.1 Å². The molecule has 1 aromatic heterocycles. The van der Waals surface area contributed by atoms with E-state index in [1.165, 1.54) is 0 Å². The van der Waals surface area contributed by atoms with Gasteiger partial charge < -0.3 is 15.7 Å². The summed E-state index contributed by atoms with van der Waals surface area (Å²) in [4.78, 5) is 6.99. The molecule has 0 bridgehead atoms. The van der Waals surface area contributed by atoms with Crippen LogP contribution in [0.3, 0.4) is 0 Å². The van der Waals surface area contributed by atoms with E-state index in [2.05, 4.69) is 9.88 Å². The van der Waals surface area contributed by atoms with Gasteiger partial charge in [-0.05, 0) is 31.9 Å². The number of aliphatic hydroxyl groups excluding tert-OH is 1. The molecule has 1 aliphatic heterocycles. The van der Waals surface area contributed by atoms with Crippen molar-refractivity contribution in [1.82, 2.24) is 4.98 Å². The number of thiocarbonyl (C=S) groups is 1. The molecular weight excluding hydrogens is 234 g/mol. The number of aliphatic hydroxyl groups is 1. The second kappa shape index (κ2) is 4.98. The lowest BCUT2D eigenvalue weighted by molar-refractivity contribution is 0.266. The summed E-state index contributed by atoms with van der Waals surface area (Å²) in [6.45, 7) is 2.99. The Morgan fingerprint density at radius 2 is 2.41 bits per heavy atom. The number of hydrogen-bond acceptors (Lipinski definition) is 4. The normalized spacial score (nSPS) is 19.6. The van der Waals surface area contributed by atoms with Crippen LogP contribution in [0.2, 0.25) is 0 Å². The number of pyridine rings is 1. The van der Waals surface area contributed by atoms with Crippen molar-refractivity contribution in [3.8, 4) is 0 Å². The summed E-state index contributed by atoms with van der Waals surface area (Å²) >= 11 is 5.05. The molecule has 0 saturated carbocycles. The Morgan fingerprint density at radius 3 is 3.06 bits per heavy atom. The highest BCUT2D eigenvalue weighted by Crippen LogP contribution is 2.27. The molecule has 1 fully saturated rings. The van der Waals surface area contributed by atoms with E-state index < -0.39 is 0 Å². The molecule has 3 N–H and O–H groups in total. The van der Waals surface area contributed by atoms with Crippen LogP contribution in [0.5, 0.6) is 0 Å². The number of aryl methyl sites for hydroxylation is 1. The molecule has 0 aliphatic carbocycles. The summed E-state index contributed by atoms with van der Waals surface area (Å²) in [7, 11) is 0. The molecule has 4 nitrogen and oxygen atoms in total. The zero-order chi connectivity index (χ0) is 12.4. The maximum Gasteiger partial charge on any atom is 0.139 e. The summed E-state index contributed by atoms with van der Waals surface area (Å²) in [5.74, 6) is 0.814. The Bertz CT molecular complexity index is 436. The third-order valence-corrected chi connectivity index (χ3v) is 3.36. The predicted octanol–water partition coefficient (Wildman–Crippen LogP) is 0.985. The molecule has 5 heteroatoms. The van der Waals surface area contributed by atoms with Crippen LogP contribution in [-0.2, 0) is 0 Å². The molecule has 1 saturated heterocycles. The first kappa shape index (κ1) is 12.3. The van der Waals surface area contributed by atoms with Crippen LogP contribution in [-0.4, -0.2) is 34.3 Å². The summed E-state index contributed by atoms with van der Waals surface area (Å²) in [6.07, 6.45) is 2.06. The van der Waals surface area contributed by atoms with Crippen LogP contribution in [0.15, 0.2) is 12.1 Å². The van der Waals surface area contributed by atoms with E-state index in [-0.39, 0.29) is 12.6 Å². The van der Waals surface area contributed by atoms with Gasteiger partial charge >= 0.3 is 0 Å². The maximum atomic E-state index is 9.36. The van der Waals surface area contributed by atoms with Crippen molar-refractivity contribution in [2.24, 2.45) is 5.73 Å². The molecule has 2 heterocycles. The number of hydrogen-bond donors (Lipinski definition) is 2. The van der Waals surface area contributed by atoms with Gasteiger partial charge in [-0.15, -0.1) is 0 Å². The van der Waals surface area contributed by atoms with Crippen molar-refractivity contribution >= 4 is 23.0 Å². The molecule has 0 spiro atoms. The molecule has 0 radical (unpaired) electrons. The number of nitrogens with zero attached hydrogens (tertiary/aromatic N) is 2. The molecule has 1 unspecified atom stereocenters. The molecule has 1 aromatic rings. The van der Waals surface area contributed by atoms with Gasteiger partial charge in [0.15, 0.2) is 0 Å². The monoisotopic (exact) mass is 251 g/mol. The van der Waals surface area contributed by atoms with E-state index in [1.54, 1.807) is 0 Å². The summed E-state index contributed by atoms with van der Waals surface area (Å²) in [6, 6.07) is 3.95. The fourth-order valence-electron chi connectivity index (χ4n) is 2.26. The van der Waals surface area contributed by atoms with Gasteiger partial charge in [-0.3, -0.25) is 0 Å². The van der Waals surface area contributed by atoms with Crippen LogP contribution in [0.25, 0.3) is 0 Å². The van der Waals surface area contributed by atoms with Crippen molar-refractivity contribution in [3.63, 3.8) is 0 Å². The highest BCUT2D eigenvalue weighted by atomic mass is 32.1. The van der Waals surface area contributed by atoms with Gasteiger partial charge in [0, 0.05) is 12.2 Å². The lowest BCUT2D eigenvalue weighted by Gasteiger charge is -2.26. The first-order valence-electron chi connectivity index (χ1n) is 5.78. The second-order valence-electron chi connectivity index (χ2n) is 4.36. The quantitative estimate of drug-likeness (QED) is 0.784. The number of aromatic nitrogens is 1. The van der Waals surface area contributed by atoms with Crippen LogP contribution in [0.4, 0.5) is 5.82 Å². The third-order valence-electron chi connectivity index (χ3n) is 3.14. The minimum absolute atomic E-state index is 0.136. The lowest BCUT2D eigenvalue weighted by Crippen LogP contribution is -2.34. The Labute approximate surface area is 106 Å². The highest BCUT2D eigenvalue weighted by molar-refractivity contribution is 7.80. The largest absolute Gasteiger partial charge is 0.394 e. The van der Waals surface area contributed by atoms with E-state index >= 15 is 0 Å². The van der Waals surface area contributed by atoms with Gasteiger partial charge in [-0.25, -0.2) is 4.98 Å². The second-order valence-corrected chi connectivity index (χ2v) is 4.80. The topological polar surface area (TPSA) is 62.4 Å². The minimum atomic E-state index is 0.136. The molecule has 92 valence electrons. The van der Waals surface area contributed by atoms with E-state index in [0.29, 0.717) is 4.99 Å². The van der Waals surface area contributed by atoms with Gasteiger partial charge in [0.1, 0.15) is 10.8 Å². The number of rotatable bonds is 3. The highest BCUT2D eigenvalue weighted by Gasteiger charge is 2.27. The Balaban J connectivity index is 2.42. The summed E-state index contributed by atoms with van der Waals surface area (Å²) in [5, 5.41) is 9.36. The molecule has 0 aromatic carbocycles. The van der Waals surface area contributed by atoms with Gasteiger partial charge in [-0.2, -0.15) is 0 Å². The Hall–Kier alpha value is -1.20. The van der Waals surface area contributed by atoms with E-state index in [9.17, 15) is 5.11 Å². The van der Waals surface area contributed by atoms with Crippen molar-refractivity contribution in [3.05, 3.63) is 23.4 Å². The summed E-state index contributed by atoms with van der Waals surface area (Å²) in [5.41, 5.74) is 7.45. The molecular formula is C12H17N3OS. The lowest BCUT2D eigenvalue weighted by atomic mass is 10.2. The molecule has 0 amide bonds. The summed E-state index contributed by atoms with van der Waals surface area (Å²) < 4.78 is 0. The van der Waals surface area contributed by atoms with Gasteiger partial charge in [-0.1, -0.05) is 12.2 Å². The van der Waals surface area contributed by atoms with Gasteiger partial charge in [0.25, 0.3) is 0 Å².